The van der Waals surface area contributed by atoms with Crippen molar-refractivity contribution in [1.82, 2.24) is 10.2 Å². The summed E-state index contributed by atoms with van der Waals surface area (Å²) in [7, 11) is 1.80. The van der Waals surface area contributed by atoms with E-state index in [1.54, 1.807) is 18.0 Å². The lowest BCUT2D eigenvalue weighted by molar-refractivity contribution is -0.142. The molecular formula is C18H19ClN2O2. The molecule has 1 unspecified atom stereocenters. The molecule has 1 saturated heterocycles. The Bertz CT molecular complexity index is 672. The van der Waals surface area contributed by atoms with Crippen LogP contribution in [0.1, 0.15) is 11.6 Å². The number of hydrogen-bond donors (Lipinski definition) is 1. The molecular weight excluding hydrogens is 312 g/mol. The molecule has 0 spiro atoms. The van der Waals surface area contributed by atoms with Crippen LogP contribution in [-0.4, -0.2) is 37.0 Å². The lowest BCUT2D eigenvalue weighted by Crippen LogP contribution is -2.58. The molecule has 0 aliphatic carbocycles. The maximum absolute atomic E-state index is 12.6. The molecule has 1 fully saturated rings. The monoisotopic (exact) mass is 330 g/mol. The molecule has 2 aromatic carbocycles. The normalized spacial score (nSPS) is 15.8. The highest BCUT2D eigenvalue weighted by atomic mass is 35.5. The van der Waals surface area contributed by atoms with Gasteiger partial charge in [-0.2, -0.15) is 0 Å². The van der Waals surface area contributed by atoms with Crippen molar-refractivity contribution in [2.45, 2.75) is 12.1 Å². The SMILES string of the molecule is CNC(C(=O)N1CC(Oc2ccccc2Cl)C1)c1ccccc1. The van der Waals surface area contributed by atoms with Crippen LogP contribution in [0.4, 0.5) is 0 Å². The van der Waals surface area contributed by atoms with Gasteiger partial charge in [-0.25, -0.2) is 0 Å². The predicted octanol–water partition coefficient (Wildman–Crippen LogP) is 2.89. The molecule has 1 N–H and O–H groups in total. The molecule has 1 heterocycles. The van der Waals surface area contributed by atoms with Crippen LogP contribution >= 0.6 is 11.6 Å². The van der Waals surface area contributed by atoms with Gasteiger partial charge < -0.3 is 15.0 Å². The maximum Gasteiger partial charge on any atom is 0.244 e. The first-order valence-corrected chi connectivity index (χ1v) is 7.99. The summed E-state index contributed by atoms with van der Waals surface area (Å²) in [6, 6.07) is 16.8. The van der Waals surface area contributed by atoms with Gasteiger partial charge in [-0.15, -0.1) is 0 Å². The van der Waals surface area contributed by atoms with Gasteiger partial charge in [0.2, 0.25) is 5.91 Å². The Hall–Kier alpha value is -2.04. The number of rotatable bonds is 5. The summed E-state index contributed by atoms with van der Waals surface area (Å²) in [6.07, 6.45) is -0.00729. The van der Waals surface area contributed by atoms with Crippen LogP contribution in [0.5, 0.6) is 5.75 Å². The largest absolute Gasteiger partial charge is 0.485 e. The first-order valence-electron chi connectivity index (χ1n) is 7.61. The van der Waals surface area contributed by atoms with Gasteiger partial charge in [-0.1, -0.05) is 54.1 Å². The van der Waals surface area contributed by atoms with E-state index in [4.69, 9.17) is 16.3 Å². The number of likely N-dealkylation sites (N-methyl/N-ethyl adjacent to an activating group) is 1. The van der Waals surface area contributed by atoms with Crippen molar-refractivity contribution in [1.29, 1.82) is 0 Å². The van der Waals surface area contributed by atoms with Gasteiger partial charge in [0.25, 0.3) is 0 Å². The average molecular weight is 331 g/mol. The molecule has 5 heteroatoms. The van der Waals surface area contributed by atoms with Crippen molar-refractivity contribution in [3.8, 4) is 5.75 Å². The first kappa shape index (κ1) is 15.8. The average Bonchev–Trinajstić information content (AvgIpc) is 2.53. The van der Waals surface area contributed by atoms with Gasteiger partial charge in [0, 0.05) is 0 Å². The van der Waals surface area contributed by atoms with Crippen molar-refractivity contribution in [2.24, 2.45) is 0 Å². The number of hydrogen-bond acceptors (Lipinski definition) is 3. The number of carbonyl (C=O) groups is 1. The van der Waals surface area contributed by atoms with Crippen molar-refractivity contribution >= 4 is 17.5 Å². The van der Waals surface area contributed by atoms with E-state index in [-0.39, 0.29) is 18.1 Å². The van der Waals surface area contributed by atoms with Crippen LogP contribution in [0.3, 0.4) is 0 Å². The Labute approximate surface area is 141 Å². The third-order valence-electron chi connectivity index (χ3n) is 3.96. The molecule has 23 heavy (non-hydrogen) atoms. The van der Waals surface area contributed by atoms with E-state index < -0.39 is 0 Å². The Morgan fingerprint density at radius 3 is 2.48 bits per heavy atom. The number of likely N-dealkylation sites (tertiary alicyclic amines) is 1. The summed E-state index contributed by atoms with van der Waals surface area (Å²) in [5.41, 5.74) is 0.968. The quantitative estimate of drug-likeness (QED) is 0.916. The number of para-hydroxylation sites is 1. The Morgan fingerprint density at radius 2 is 1.83 bits per heavy atom. The maximum atomic E-state index is 12.6. The third kappa shape index (κ3) is 3.49. The first-order chi connectivity index (χ1) is 11.2. The smallest absolute Gasteiger partial charge is 0.244 e. The van der Waals surface area contributed by atoms with Crippen LogP contribution in [0, 0.1) is 0 Å². The van der Waals surface area contributed by atoms with Gasteiger partial charge in [0.15, 0.2) is 0 Å². The van der Waals surface area contributed by atoms with E-state index >= 15 is 0 Å². The van der Waals surface area contributed by atoms with Gasteiger partial charge in [0.05, 0.1) is 18.1 Å². The zero-order valence-corrected chi connectivity index (χ0v) is 13.7. The lowest BCUT2D eigenvalue weighted by Gasteiger charge is -2.40. The van der Waals surface area contributed by atoms with Crippen LogP contribution < -0.4 is 10.1 Å². The number of halogens is 1. The molecule has 2 aromatic rings. The standard InChI is InChI=1S/C18H19ClN2O2/c1-20-17(13-7-3-2-4-8-13)18(22)21-11-14(12-21)23-16-10-6-5-9-15(16)19/h2-10,14,17,20H,11-12H2,1H3. The number of nitrogens with zero attached hydrogens (tertiary/aromatic N) is 1. The van der Waals surface area contributed by atoms with E-state index in [1.807, 2.05) is 48.5 Å². The molecule has 0 aromatic heterocycles. The summed E-state index contributed by atoms with van der Waals surface area (Å²) in [5.74, 6) is 0.734. The van der Waals surface area contributed by atoms with Crippen molar-refractivity contribution in [3.05, 3.63) is 65.2 Å². The Morgan fingerprint density at radius 1 is 1.17 bits per heavy atom. The fourth-order valence-electron chi connectivity index (χ4n) is 2.67. The molecule has 1 amide bonds. The Balaban J connectivity index is 1.58. The second-order valence-electron chi connectivity index (χ2n) is 5.55. The number of amides is 1. The van der Waals surface area contributed by atoms with Crippen LogP contribution in [-0.2, 0) is 4.79 Å². The number of ether oxygens (including phenoxy) is 1. The fraction of sp³-hybridized carbons (Fsp3) is 0.278. The van der Waals surface area contributed by atoms with Crippen LogP contribution in [0.15, 0.2) is 54.6 Å². The van der Waals surface area contributed by atoms with Crippen LogP contribution in [0.25, 0.3) is 0 Å². The minimum atomic E-state index is -0.322. The summed E-state index contributed by atoms with van der Waals surface area (Å²) in [6.45, 7) is 1.16. The highest BCUT2D eigenvalue weighted by Crippen LogP contribution is 2.27. The zero-order chi connectivity index (χ0) is 16.2. The molecule has 4 nitrogen and oxygen atoms in total. The fourth-order valence-corrected chi connectivity index (χ4v) is 2.85. The number of benzene rings is 2. The predicted molar refractivity (Wildman–Crippen MR) is 90.7 cm³/mol. The topological polar surface area (TPSA) is 41.6 Å². The summed E-state index contributed by atoms with van der Waals surface area (Å²) in [4.78, 5) is 14.4. The minimum Gasteiger partial charge on any atom is -0.485 e. The molecule has 3 rings (SSSR count). The van der Waals surface area contributed by atoms with E-state index in [0.29, 0.717) is 23.9 Å². The summed E-state index contributed by atoms with van der Waals surface area (Å²) >= 11 is 6.09. The van der Waals surface area contributed by atoms with Gasteiger partial charge in [-0.3, -0.25) is 4.79 Å². The highest BCUT2D eigenvalue weighted by Gasteiger charge is 2.36. The molecule has 1 atom stereocenters. The van der Waals surface area contributed by atoms with Crippen molar-refractivity contribution in [2.75, 3.05) is 20.1 Å². The van der Waals surface area contributed by atoms with E-state index in [2.05, 4.69) is 5.32 Å². The van der Waals surface area contributed by atoms with Gasteiger partial charge >= 0.3 is 0 Å². The van der Waals surface area contributed by atoms with E-state index in [9.17, 15) is 4.79 Å². The van der Waals surface area contributed by atoms with E-state index in [0.717, 1.165) is 5.56 Å². The number of nitrogens with one attached hydrogen (secondary N) is 1. The summed E-state index contributed by atoms with van der Waals surface area (Å²) < 4.78 is 5.83. The van der Waals surface area contributed by atoms with Crippen molar-refractivity contribution in [3.63, 3.8) is 0 Å². The Kier molecular flexibility index (Phi) is 4.84. The van der Waals surface area contributed by atoms with Gasteiger partial charge in [0.1, 0.15) is 17.9 Å². The van der Waals surface area contributed by atoms with Crippen LogP contribution in [0.2, 0.25) is 5.02 Å². The highest BCUT2D eigenvalue weighted by molar-refractivity contribution is 6.32. The second kappa shape index (κ2) is 7.02. The molecule has 0 bridgehead atoms. The second-order valence-corrected chi connectivity index (χ2v) is 5.95. The third-order valence-corrected chi connectivity index (χ3v) is 4.27. The van der Waals surface area contributed by atoms with Gasteiger partial charge in [-0.05, 0) is 24.7 Å². The van der Waals surface area contributed by atoms with Crippen molar-refractivity contribution < 1.29 is 9.53 Å². The molecule has 1 aliphatic rings. The molecule has 0 saturated carbocycles. The molecule has 0 radical (unpaired) electrons. The number of carbonyl (C=O) groups excluding carboxylic acids is 1. The zero-order valence-electron chi connectivity index (χ0n) is 12.9. The van der Waals surface area contributed by atoms with E-state index in [1.165, 1.54) is 0 Å². The molecule has 1 aliphatic heterocycles. The minimum absolute atomic E-state index is 0.00729. The summed E-state index contributed by atoms with van der Waals surface area (Å²) in [5, 5.41) is 3.68. The molecule has 120 valence electrons. The lowest BCUT2D eigenvalue weighted by atomic mass is 10.0.